The monoisotopic (exact) mass is 266 g/mol. The van der Waals surface area contributed by atoms with Gasteiger partial charge in [0.2, 0.25) is 0 Å². The van der Waals surface area contributed by atoms with Crippen LogP contribution in [0.5, 0.6) is 0 Å². The molecule has 1 aromatic rings. The van der Waals surface area contributed by atoms with E-state index in [0.717, 1.165) is 0 Å². The number of nitrogens with zero attached hydrogens (tertiary/aromatic N) is 1. The van der Waals surface area contributed by atoms with Gasteiger partial charge in [0.1, 0.15) is 5.02 Å². The van der Waals surface area contributed by atoms with Gasteiger partial charge in [-0.3, -0.25) is 14.9 Å². The highest BCUT2D eigenvalue weighted by molar-refractivity contribution is 6.35. The first-order valence-electron chi connectivity index (χ1n) is 5.22. The molecule has 1 rings (SSSR count). The molecular weight excluding hydrogens is 256 g/mol. The van der Waals surface area contributed by atoms with Crippen LogP contribution in [0.15, 0.2) is 18.2 Å². The van der Waals surface area contributed by atoms with Gasteiger partial charge in [0.05, 0.1) is 10.5 Å². The van der Waals surface area contributed by atoms with E-state index in [2.05, 4.69) is 11.2 Å². The molecule has 5 nitrogen and oxygen atoms in total. The van der Waals surface area contributed by atoms with E-state index < -0.39 is 10.8 Å². The molecule has 1 N–H and O–H groups in total. The van der Waals surface area contributed by atoms with Crippen LogP contribution >= 0.6 is 11.6 Å². The van der Waals surface area contributed by atoms with E-state index in [1.165, 1.54) is 18.2 Å². The topological polar surface area (TPSA) is 72.2 Å². The molecule has 0 aliphatic carbocycles. The number of carbonyl (C=O) groups excluding carboxylic acids is 1. The van der Waals surface area contributed by atoms with E-state index in [1.54, 1.807) is 0 Å². The summed E-state index contributed by atoms with van der Waals surface area (Å²) in [6.07, 6.45) is 6.28. The molecule has 1 aromatic carbocycles. The summed E-state index contributed by atoms with van der Waals surface area (Å²) >= 11 is 5.80. The molecule has 0 radical (unpaired) electrons. The average Bonchev–Trinajstić information content (AvgIpc) is 2.34. The van der Waals surface area contributed by atoms with E-state index in [4.69, 9.17) is 18.0 Å². The van der Waals surface area contributed by atoms with Crippen LogP contribution in [0.1, 0.15) is 23.2 Å². The normalized spacial score (nSPS) is 9.56. The lowest BCUT2D eigenvalue weighted by molar-refractivity contribution is -0.384. The van der Waals surface area contributed by atoms with Gasteiger partial charge in [0.25, 0.3) is 11.6 Å². The number of nitro groups is 1. The van der Waals surface area contributed by atoms with E-state index in [9.17, 15) is 14.9 Å². The van der Waals surface area contributed by atoms with Crippen LogP contribution in [0.2, 0.25) is 5.02 Å². The summed E-state index contributed by atoms with van der Waals surface area (Å²) in [4.78, 5) is 21.8. The Balaban J connectivity index is 2.78. The molecule has 0 aliphatic heterocycles. The lowest BCUT2D eigenvalue weighted by atomic mass is 10.2. The fourth-order valence-corrected chi connectivity index (χ4v) is 1.60. The number of hydrogen-bond donors (Lipinski definition) is 1. The average molecular weight is 267 g/mol. The lowest BCUT2D eigenvalue weighted by Crippen LogP contribution is -2.24. The molecule has 0 unspecified atom stereocenters. The minimum Gasteiger partial charge on any atom is -0.352 e. The van der Waals surface area contributed by atoms with Gasteiger partial charge in [0.15, 0.2) is 0 Å². The summed E-state index contributed by atoms with van der Waals surface area (Å²) in [5.41, 5.74) is -0.195. The summed E-state index contributed by atoms with van der Waals surface area (Å²) in [5.74, 6) is 2.01. The third-order valence-electron chi connectivity index (χ3n) is 2.20. The second-order valence-corrected chi connectivity index (χ2v) is 3.84. The number of carbonyl (C=O) groups is 1. The highest BCUT2D eigenvalue weighted by Gasteiger charge is 2.19. The summed E-state index contributed by atoms with van der Waals surface area (Å²) in [5, 5.41) is 13.1. The predicted octanol–water partition coefficient (Wildman–Crippen LogP) is 2.39. The molecule has 1 amide bonds. The van der Waals surface area contributed by atoms with Crippen molar-refractivity contribution >= 4 is 23.2 Å². The van der Waals surface area contributed by atoms with Gasteiger partial charge in [-0.2, -0.15) is 0 Å². The molecule has 94 valence electrons. The number of benzene rings is 1. The second kappa shape index (κ2) is 6.62. The molecule has 18 heavy (non-hydrogen) atoms. The molecule has 0 atom stereocenters. The van der Waals surface area contributed by atoms with Gasteiger partial charge in [-0.25, -0.2) is 0 Å². The second-order valence-electron chi connectivity index (χ2n) is 3.46. The van der Waals surface area contributed by atoms with E-state index in [1.807, 2.05) is 0 Å². The van der Waals surface area contributed by atoms with Gasteiger partial charge in [-0.15, -0.1) is 12.3 Å². The number of amides is 1. The van der Waals surface area contributed by atoms with Gasteiger partial charge in [-0.1, -0.05) is 17.7 Å². The van der Waals surface area contributed by atoms with Gasteiger partial charge >= 0.3 is 0 Å². The van der Waals surface area contributed by atoms with Crippen molar-refractivity contribution in [1.82, 2.24) is 5.32 Å². The molecule has 0 saturated heterocycles. The number of rotatable bonds is 5. The number of unbranched alkanes of at least 4 members (excludes halogenated alkanes) is 1. The zero-order valence-corrected chi connectivity index (χ0v) is 10.2. The number of hydrogen-bond acceptors (Lipinski definition) is 3. The number of halogens is 1. The van der Waals surface area contributed by atoms with E-state index in [0.29, 0.717) is 19.4 Å². The lowest BCUT2D eigenvalue weighted by Gasteiger charge is -2.05. The van der Waals surface area contributed by atoms with Crippen LogP contribution in [-0.2, 0) is 0 Å². The van der Waals surface area contributed by atoms with Crippen molar-refractivity contribution in [1.29, 1.82) is 0 Å². The zero-order chi connectivity index (χ0) is 13.5. The minimum atomic E-state index is -0.628. The Labute approximate surface area is 109 Å². The first-order chi connectivity index (χ1) is 8.57. The maximum atomic E-state index is 11.7. The molecule has 6 heteroatoms. The van der Waals surface area contributed by atoms with Crippen LogP contribution in [0, 0.1) is 22.5 Å². The first-order valence-corrected chi connectivity index (χ1v) is 5.60. The van der Waals surface area contributed by atoms with Crippen LogP contribution in [0.25, 0.3) is 0 Å². The van der Waals surface area contributed by atoms with Crippen molar-refractivity contribution in [3.8, 4) is 12.3 Å². The Morgan fingerprint density at radius 2 is 2.28 bits per heavy atom. The van der Waals surface area contributed by atoms with Crippen molar-refractivity contribution in [2.24, 2.45) is 0 Å². The highest BCUT2D eigenvalue weighted by Crippen LogP contribution is 2.27. The molecular formula is C12H11ClN2O3. The number of nitrogens with one attached hydrogen (secondary N) is 1. The summed E-state index contributed by atoms with van der Waals surface area (Å²) in [6, 6.07) is 4.10. The van der Waals surface area contributed by atoms with Crippen LogP contribution in [0.4, 0.5) is 5.69 Å². The number of terminal acetylenes is 1. The summed E-state index contributed by atoms with van der Waals surface area (Å²) in [6.45, 7) is 0.405. The SMILES string of the molecule is C#CCCCNC(=O)c1cccc([N+](=O)[O-])c1Cl. The third-order valence-corrected chi connectivity index (χ3v) is 2.60. The quantitative estimate of drug-likeness (QED) is 0.385. The maximum absolute atomic E-state index is 11.7. The molecule has 0 bridgehead atoms. The standard InChI is InChI=1S/C12H11ClN2O3/c1-2-3-4-8-14-12(16)9-6-5-7-10(11(9)13)15(17)18/h1,5-7H,3-4,8H2,(H,14,16). The molecule has 0 saturated carbocycles. The zero-order valence-electron chi connectivity index (χ0n) is 9.48. The maximum Gasteiger partial charge on any atom is 0.288 e. The van der Waals surface area contributed by atoms with Crippen LogP contribution < -0.4 is 5.32 Å². The van der Waals surface area contributed by atoms with E-state index >= 15 is 0 Å². The Kier molecular flexibility index (Phi) is 5.15. The van der Waals surface area contributed by atoms with Crippen molar-refractivity contribution in [3.63, 3.8) is 0 Å². The molecule has 0 aliphatic rings. The molecule has 0 aromatic heterocycles. The fourth-order valence-electron chi connectivity index (χ4n) is 1.32. The van der Waals surface area contributed by atoms with Crippen LogP contribution in [0.3, 0.4) is 0 Å². The van der Waals surface area contributed by atoms with Crippen LogP contribution in [-0.4, -0.2) is 17.4 Å². The smallest absolute Gasteiger partial charge is 0.288 e. The van der Waals surface area contributed by atoms with Gasteiger partial charge < -0.3 is 5.32 Å². The molecule has 0 fully saturated rings. The predicted molar refractivity (Wildman–Crippen MR) is 68.5 cm³/mol. The third kappa shape index (κ3) is 3.47. The largest absolute Gasteiger partial charge is 0.352 e. The minimum absolute atomic E-state index is 0.0894. The molecule has 0 heterocycles. The summed E-state index contributed by atoms with van der Waals surface area (Å²) in [7, 11) is 0. The van der Waals surface area contributed by atoms with Crippen molar-refractivity contribution in [2.75, 3.05) is 6.54 Å². The van der Waals surface area contributed by atoms with Gasteiger partial charge in [-0.05, 0) is 12.5 Å². The Bertz CT molecular complexity index is 509. The Morgan fingerprint density at radius 1 is 1.56 bits per heavy atom. The molecule has 0 spiro atoms. The summed E-state index contributed by atoms with van der Waals surface area (Å²) < 4.78 is 0. The Morgan fingerprint density at radius 3 is 2.89 bits per heavy atom. The van der Waals surface area contributed by atoms with Gasteiger partial charge in [0, 0.05) is 19.0 Å². The highest BCUT2D eigenvalue weighted by atomic mass is 35.5. The first kappa shape index (κ1) is 14.0. The fraction of sp³-hybridized carbons (Fsp3) is 0.250. The Hall–Kier alpha value is -2.06. The van der Waals surface area contributed by atoms with Crippen molar-refractivity contribution < 1.29 is 9.72 Å². The van der Waals surface area contributed by atoms with E-state index in [-0.39, 0.29) is 16.3 Å². The van der Waals surface area contributed by atoms with Crippen molar-refractivity contribution in [3.05, 3.63) is 38.9 Å². The van der Waals surface area contributed by atoms with Crippen molar-refractivity contribution in [2.45, 2.75) is 12.8 Å². The number of nitro benzene ring substituents is 1.